The Morgan fingerprint density at radius 3 is 2.66 bits per heavy atom. The molecule has 0 aliphatic rings. The van der Waals surface area contributed by atoms with Gasteiger partial charge in [0, 0.05) is 18.1 Å². The maximum absolute atomic E-state index is 12.8. The number of aryl methyl sites for hydroxylation is 1. The highest BCUT2D eigenvalue weighted by molar-refractivity contribution is 6.06. The normalized spacial score (nSPS) is 10.7. The van der Waals surface area contributed by atoms with Crippen LogP contribution >= 0.6 is 0 Å². The first-order valence-electron chi connectivity index (χ1n) is 9.15. The Hall–Kier alpha value is -4.00. The van der Waals surface area contributed by atoms with Crippen molar-refractivity contribution in [3.63, 3.8) is 0 Å². The van der Waals surface area contributed by atoms with Crippen molar-refractivity contribution >= 4 is 23.0 Å². The fourth-order valence-electron chi connectivity index (χ4n) is 3.03. The molecule has 0 aliphatic carbocycles. The fourth-order valence-corrected chi connectivity index (χ4v) is 3.03. The number of amides is 2. The van der Waals surface area contributed by atoms with Crippen molar-refractivity contribution in [2.24, 2.45) is 0 Å². The Morgan fingerprint density at radius 1 is 1.00 bits per heavy atom. The quantitative estimate of drug-likeness (QED) is 0.552. The minimum atomic E-state index is -0.388. The van der Waals surface area contributed by atoms with Crippen LogP contribution in [0.15, 0.2) is 73.1 Å². The van der Waals surface area contributed by atoms with Gasteiger partial charge in [0.25, 0.3) is 11.8 Å². The number of nitrogens with zero attached hydrogens (tertiary/aromatic N) is 3. The van der Waals surface area contributed by atoms with Crippen molar-refractivity contribution in [1.82, 2.24) is 19.7 Å². The molecule has 144 valence electrons. The van der Waals surface area contributed by atoms with Gasteiger partial charge in [0.15, 0.2) is 5.69 Å². The molecule has 29 heavy (non-hydrogen) atoms. The van der Waals surface area contributed by atoms with E-state index in [0.717, 1.165) is 11.3 Å². The van der Waals surface area contributed by atoms with Gasteiger partial charge in [-0.15, -0.1) is 0 Å². The molecule has 0 aliphatic heterocycles. The molecule has 4 rings (SSSR count). The number of rotatable bonds is 5. The molecule has 2 amide bonds. The van der Waals surface area contributed by atoms with Gasteiger partial charge in [0.2, 0.25) is 5.82 Å². The van der Waals surface area contributed by atoms with Gasteiger partial charge in [0.05, 0.1) is 17.8 Å². The summed E-state index contributed by atoms with van der Waals surface area (Å²) in [6.45, 7) is 2.22. The van der Waals surface area contributed by atoms with Crippen molar-refractivity contribution < 1.29 is 9.59 Å². The predicted octanol–water partition coefficient (Wildman–Crippen LogP) is 3.22. The summed E-state index contributed by atoms with van der Waals surface area (Å²) >= 11 is 0. The molecular weight excluding hydrogens is 366 g/mol. The first-order valence-corrected chi connectivity index (χ1v) is 9.15. The maximum Gasteiger partial charge on any atom is 0.292 e. The van der Waals surface area contributed by atoms with Crippen LogP contribution in [-0.2, 0) is 6.54 Å². The highest BCUT2D eigenvalue weighted by atomic mass is 16.2. The van der Waals surface area contributed by atoms with Crippen molar-refractivity contribution in [2.45, 2.75) is 13.5 Å². The van der Waals surface area contributed by atoms with Crippen molar-refractivity contribution in [2.75, 3.05) is 5.32 Å². The second-order valence-electron chi connectivity index (χ2n) is 6.57. The number of fused-ring (bicyclic) bond motifs is 1. The number of carbonyl (C=O) groups excluding carboxylic acids is 2. The largest absolute Gasteiger partial charge is 0.345 e. The van der Waals surface area contributed by atoms with Crippen LogP contribution in [0, 0.1) is 6.92 Å². The molecule has 7 nitrogen and oxygen atoms in total. The van der Waals surface area contributed by atoms with Crippen LogP contribution in [0.3, 0.4) is 0 Å². The van der Waals surface area contributed by atoms with E-state index in [2.05, 4.69) is 20.6 Å². The average molecular weight is 385 g/mol. The zero-order valence-corrected chi connectivity index (χ0v) is 15.8. The van der Waals surface area contributed by atoms with Gasteiger partial charge in [-0.25, -0.2) is 4.98 Å². The molecule has 0 fully saturated rings. The van der Waals surface area contributed by atoms with Gasteiger partial charge in [-0.2, -0.15) is 0 Å². The van der Waals surface area contributed by atoms with E-state index in [1.165, 1.54) is 0 Å². The van der Waals surface area contributed by atoms with Gasteiger partial charge in [-0.1, -0.05) is 24.3 Å². The second-order valence-corrected chi connectivity index (χ2v) is 6.57. The number of carbonyl (C=O) groups is 2. The van der Waals surface area contributed by atoms with Crippen molar-refractivity contribution in [3.05, 3.63) is 95.8 Å². The Labute approximate surface area is 167 Å². The molecule has 3 aromatic heterocycles. The monoisotopic (exact) mass is 385 g/mol. The zero-order valence-electron chi connectivity index (χ0n) is 15.8. The lowest BCUT2D eigenvalue weighted by Gasteiger charge is -2.05. The highest BCUT2D eigenvalue weighted by Gasteiger charge is 2.21. The Kier molecular flexibility index (Phi) is 5.03. The molecule has 0 unspecified atom stereocenters. The van der Waals surface area contributed by atoms with E-state index in [4.69, 9.17) is 0 Å². The fraction of sp³-hybridized carbons (Fsp3) is 0.0909. The standard InChI is InChI=1S/C22H19N5O2/c1-15-7-6-9-16(13-15)25-22(29)20-26-19(18-10-3-5-12-27(18)20)21(28)24-14-17-8-2-4-11-23-17/h2-13H,14H2,1H3,(H,24,28)(H,25,29). The molecule has 0 spiro atoms. The summed E-state index contributed by atoms with van der Waals surface area (Å²) in [5, 5.41) is 5.65. The van der Waals surface area contributed by atoms with E-state index < -0.39 is 0 Å². The minimum absolute atomic E-state index is 0.144. The van der Waals surface area contributed by atoms with Crippen molar-refractivity contribution in [1.29, 1.82) is 0 Å². The van der Waals surface area contributed by atoms with Gasteiger partial charge in [-0.05, 0) is 48.9 Å². The molecule has 0 saturated heterocycles. The molecule has 1 aromatic carbocycles. The first-order chi connectivity index (χ1) is 14.1. The van der Waals surface area contributed by atoms with E-state index in [-0.39, 0.29) is 29.9 Å². The Morgan fingerprint density at radius 2 is 1.86 bits per heavy atom. The summed E-state index contributed by atoms with van der Waals surface area (Å²) in [5.41, 5.74) is 3.19. The van der Waals surface area contributed by atoms with E-state index in [1.807, 2.05) is 43.3 Å². The van der Waals surface area contributed by atoms with E-state index in [9.17, 15) is 9.59 Å². The van der Waals surface area contributed by atoms with Gasteiger partial charge < -0.3 is 10.6 Å². The number of anilines is 1. The molecule has 4 aromatic rings. The van der Waals surface area contributed by atoms with Gasteiger partial charge in [-0.3, -0.25) is 19.0 Å². The smallest absolute Gasteiger partial charge is 0.292 e. The SMILES string of the molecule is Cc1cccc(NC(=O)c2nc(C(=O)NCc3ccccn3)c3ccccn23)c1. The van der Waals surface area contributed by atoms with Crippen LogP contribution in [0.4, 0.5) is 5.69 Å². The van der Waals surface area contributed by atoms with Gasteiger partial charge in [0.1, 0.15) is 0 Å². The lowest BCUT2D eigenvalue weighted by molar-refractivity contribution is 0.0947. The highest BCUT2D eigenvalue weighted by Crippen LogP contribution is 2.16. The number of benzene rings is 1. The third-order valence-electron chi connectivity index (χ3n) is 4.40. The molecule has 0 bridgehead atoms. The van der Waals surface area contributed by atoms with E-state index >= 15 is 0 Å². The zero-order chi connectivity index (χ0) is 20.2. The summed E-state index contributed by atoms with van der Waals surface area (Å²) in [6, 6.07) is 18.3. The Balaban J connectivity index is 1.61. The van der Waals surface area contributed by atoms with Crippen LogP contribution in [-0.4, -0.2) is 26.2 Å². The van der Waals surface area contributed by atoms with Gasteiger partial charge >= 0.3 is 0 Å². The van der Waals surface area contributed by atoms with Crippen molar-refractivity contribution in [3.8, 4) is 0 Å². The summed E-state index contributed by atoms with van der Waals surface area (Å²) in [5.74, 6) is -0.611. The third kappa shape index (κ3) is 3.98. The lowest BCUT2D eigenvalue weighted by Crippen LogP contribution is -2.24. The van der Waals surface area contributed by atoms with Crippen LogP contribution in [0.25, 0.3) is 5.52 Å². The summed E-state index contributed by atoms with van der Waals surface area (Å²) < 4.78 is 1.61. The average Bonchev–Trinajstić information content (AvgIpc) is 3.13. The topological polar surface area (TPSA) is 88.4 Å². The summed E-state index contributed by atoms with van der Waals surface area (Å²) in [4.78, 5) is 34.1. The molecule has 7 heteroatoms. The molecule has 2 N–H and O–H groups in total. The first kappa shape index (κ1) is 18.4. The third-order valence-corrected chi connectivity index (χ3v) is 4.40. The molecule has 0 radical (unpaired) electrons. The number of aromatic nitrogens is 3. The molecule has 0 saturated carbocycles. The van der Waals surface area contributed by atoms with Crippen LogP contribution in [0.1, 0.15) is 32.4 Å². The summed E-state index contributed by atoms with van der Waals surface area (Å²) in [7, 11) is 0. The van der Waals surface area contributed by atoms with E-state index in [1.54, 1.807) is 41.1 Å². The van der Waals surface area contributed by atoms with Crippen LogP contribution in [0.5, 0.6) is 0 Å². The Bertz CT molecular complexity index is 1180. The molecule has 0 atom stereocenters. The molecule has 3 heterocycles. The summed E-state index contributed by atoms with van der Waals surface area (Å²) in [6.07, 6.45) is 3.38. The number of nitrogens with one attached hydrogen (secondary N) is 2. The number of hydrogen-bond acceptors (Lipinski definition) is 4. The predicted molar refractivity (Wildman–Crippen MR) is 110 cm³/mol. The van der Waals surface area contributed by atoms with E-state index in [0.29, 0.717) is 11.2 Å². The maximum atomic E-state index is 12.8. The molecular formula is C22H19N5O2. The number of pyridine rings is 2. The number of imidazole rings is 1. The minimum Gasteiger partial charge on any atom is -0.345 e. The lowest BCUT2D eigenvalue weighted by atomic mass is 10.2. The van der Waals surface area contributed by atoms with Crippen LogP contribution in [0.2, 0.25) is 0 Å². The van der Waals surface area contributed by atoms with Crippen LogP contribution < -0.4 is 10.6 Å². The number of hydrogen-bond donors (Lipinski definition) is 2. The second kappa shape index (κ2) is 7.93.